The lowest BCUT2D eigenvalue weighted by molar-refractivity contribution is -0.138. The fourth-order valence-corrected chi connectivity index (χ4v) is 12.4. The maximum atomic E-state index is 16.5. The number of likely N-dealkylation sites (N-methyl/N-ethyl adjacent to an activating group) is 1. The summed E-state index contributed by atoms with van der Waals surface area (Å²) in [6, 6.07) is 14.9. The minimum Gasteiger partial charge on any atom is -0.465 e. The van der Waals surface area contributed by atoms with Gasteiger partial charge < -0.3 is 44.7 Å². The lowest BCUT2D eigenvalue weighted by Gasteiger charge is -2.42. The summed E-state index contributed by atoms with van der Waals surface area (Å²) in [4.78, 5) is 77.9. The second kappa shape index (κ2) is 19.6. The first-order chi connectivity index (χ1) is 33.4. The zero-order chi connectivity index (χ0) is 49.8. The molecule has 6 atom stereocenters. The molecule has 6 heterocycles. The van der Waals surface area contributed by atoms with Crippen molar-refractivity contribution in [2.24, 2.45) is 11.8 Å². The molecule has 70 heavy (non-hydrogen) atoms. The van der Waals surface area contributed by atoms with E-state index in [1.54, 1.807) is 21.9 Å². The lowest BCUT2D eigenvalue weighted by Crippen LogP contribution is -2.51. The quantitative estimate of drug-likeness (QED) is 0.0692. The third-order valence-electron chi connectivity index (χ3n) is 14.8. The van der Waals surface area contributed by atoms with Gasteiger partial charge in [-0.05, 0) is 104 Å². The van der Waals surface area contributed by atoms with E-state index in [4.69, 9.17) is 14.7 Å². The number of fused-ring (bicyclic) bond motifs is 2. The zero-order valence-electron chi connectivity index (χ0n) is 40.6. The number of hydrogen-bond acceptors (Lipinski definition) is 11. The number of halogens is 1. The molecule has 3 aromatic carbocycles. The summed E-state index contributed by atoms with van der Waals surface area (Å²) in [6.07, 6.45) is 2.59. The molecule has 20 heteroatoms. The third-order valence-corrected chi connectivity index (χ3v) is 16.5. The average molecular weight is 985 g/mol. The predicted octanol–water partition coefficient (Wildman–Crippen LogP) is 8.57. The second-order valence-electron chi connectivity index (χ2n) is 20.0. The molecule has 9 rings (SSSR count). The number of nitrogens with zero attached hydrogens (tertiary/aromatic N) is 7. The summed E-state index contributed by atoms with van der Waals surface area (Å²) in [7, 11) is 0.0393. The van der Waals surface area contributed by atoms with Crippen LogP contribution >= 0.6 is 10.6 Å². The number of amides is 4. The van der Waals surface area contributed by atoms with Gasteiger partial charge in [0.15, 0.2) is 0 Å². The number of likely N-dealkylation sites (tertiary alicyclic amines) is 2. The molecule has 0 unspecified atom stereocenters. The van der Waals surface area contributed by atoms with Crippen LogP contribution in [0.1, 0.15) is 113 Å². The number of carbonyl (C=O) groups excluding carboxylic acids is 3. The van der Waals surface area contributed by atoms with Gasteiger partial charge in [-0.3, -0.25) is 23.6 Å². The van der Waals surface area contributed by atoms with Crippen molar-refractivity contribution in [3.05, 3.63) is 83.2 Å². The number of methoxy groups -OCH3 is 1. The minimum atomic E-state index is -2.67. The monoisotopic (exact) mass is 984 g/mol. The highest BCUT2D eigenvalue weighted by Crippen LogP contribution is 2.49. The number of aromatic nitrogens is 4. The van der Waals surface area contributed by atoms with Gasteiger partial charge >= 0.3 is 12.2 Å². The fourth-order valence-electron chi connectivity index (χ4n) is 11.2. The van der Waals surface area contributed by atoms with Crippen molar-refractivity contribution in [3.63, 3.8) is 0 Å². The van der Waals surface area contributed by atoms with Crippen molar-refractivity contribution in [3.8, 4) is 0 Å². The molecule has 4 aliphatic heterocycles. The second-order valence-corrected chi connectivity index (χ2v) is 22.4. The van der Waals surface area contributed by atoms with Crippen LogP contribution in [-0.4, -0.2) is 137 Å². The molecule has 18 nitrogen and oxygen atoms in total. The molecular formula is C50H65FN10O8S. The molecule has 0 aliphatic carbocycles. The Hall–Kier alpha value is -6.12. The smallest absolute Gasteiger partial charge is 0.407 e. The topological polar surface area (TPSA) is 224 Å². The Bertz CT molecular complexity index is 2770. The molecule has 0 spiro atoms. The number of hydrogen-bond donors (Lipinski definition) is 6. The van der Waals surface area contributed by atoms with E-state index in [2.05, 4.69) is 44.5 Å². The minimum absolute atomic E-state index is 0.167. The zero-order valence-corrected chi connectivity index (χ0v) is 41.4. The van der Waals surface area contributed by atoms with Crippen LogP contribution in [0.15, 0.2) is 54.6 Å². The number of aromatic amines is 2. The van der Waals surface area contributed by atoms with Gasteiger partial charge in [0.25, 0.3) is 0 Å². The Morgan fingerprint density at radius 2 is 1.30 bits per heavy atom. The van der Waals surface area contributed by atoms with Crippen molar-refractivity contribution >= 4 is 68.0 Å². The Balaban J connectivity index is 1.03. The molecule has 4 saturated heterocycles. The van der Waals surface area contributed by atoms with Gasteiger partial charge in [-0.15, -0.1) is 0 Å². The van der Waals surface area contributed by atoms with Crippen molar-refractivity contribution in [2.75, 3.05) is 61.6 Å². The van der Waals surface area contributed by atoms with E-state index in [0.29, 0.717) is 62.0 Å². The van der Waals surface area contributed by atoms with Crippen molar-refractivity contribution in [2.45, 2.75) is 102 Å². The first-order valence-corrected chi connectivity index (χ1v) is 26.3. The highest BCUT2D eigenvalue weighted by molar-refractivity contribution is 8.24. The van der Waals surface area contributed by atoms with Crippen molar-refractivity contribution in [1.29, 1.82) is 0 Å². The SMILES string of the molecule is COC(=O)N[C@H](C(=O)N1CCC[C@H]1c1nc2cc([C@H]3CC[C@H](c4ccc5[nH]c([C@@H]6CCCN6C(=O)[C@H](C(C)C)N(C)C(=O)O)nc5c4)N3c3ccc(N4CCS(O)(O)CC4)c(F)c3)ccc2[nH]1)C(C)C. The van der Waals surface area contributed by atoms with Gasteiger partial charge in [0.1, 0.15) is 29.5 Å². The highest BCUT2D eigenvalue weighted by Gasteiger charge is 2.42. The number of carboxylic acid groups (broad SMARTS) is 1. The average Bonchev–Trinajstić information content (AvgIpc) is 4.18. The van der Waals surface area contributed by atoms with E-state index in [1.807, 2.05) is 50.8 Å². The van der Waals surface area contributed by atoms with E-state index in [9.17, 15) is 33.4 Å². The fraction of sp³-hybridized carbons (Fsp3) is 0.520. The van der Waals surface area contributed by atoms with Crippen molar-refractivity contribution < 1.29 is 42.5 Å². The van der Waals surface area contributed by atoms with Gasteiger partial charge in [-0.2, -0.15) is 10.6 Å². The number of imidazole rings is 2. The lowest BCUT2D eigenvalue weighted by atomic mass is 10.0. The highest BCUT2D eigenvalue weighted by atomic mass is 32.3. The third kappa shape index (κ3) is 9.44. The van der Waals surface area contributed by atoms with Crippen LogP contribution in [0.3, 0.4) is 0 Å². The summed E-state index contributed by atoms with van der Waals surface area (Å²) in [6.45, 7) is 9.17. The Kier molecular flexibility index (Phi) is 13.7. The largest absolute Gasteiger partial charge is 0.465 e. The van der Waals surface area contributed by atoms with Gasteiger partial charge in [0.2, 0.25) is 11.8 Å². The molecule has 4 aliphatic rings. The van der Waals surface area contributed by atoms with Crippen molar-refractivity contribution in [1.82, 2.24) is 40.0 Å². The van der Waals surface area contributed by atoms with Gasteiger partial charge in [0, 0.05) is 38.9 Å². The first kappa shape index (κ1) is 48.9. The number of carbonyl (C=O) groups is 4. The van der Waals surface area contributed by atoms with Crippen LogP contribution in [0.5, 0.6) is 0 Å². The summed E-state index contributed by atoms with van der Waals surface area (Å²) in [5.41, 5.74) is 6.15. The maximum Gasteiger partial charge on any atom is 0.407 e. The Labute approximate surface area is 408 Å². The van der Waals surface area contributed by atoms with E-state index in [0.717, 1.165) is 63.8 Å². The van der Waals surface area contributed by atoms with E-state index in [1.165, 1.54) is 14.2 Å². The number of ether oxygens (including phenoxy) is 1. The molecule has 5 aromatic rings. The van der Waals surface area contributed by atoms with Crippen LogP contribution in [0, 0.1) is 17.7 Å². The first-order valence-electron chi connectivity index (χ1n) is 24.4. The number of nitrogens with one attached hydrogen (secondary N) is 3. The predicted molar refractivity (Wildman–Crippen MR) is 267 cm³/mol. The van der Waals surface area contributed by atoms with Crippen LogP contribution < -0.4 is 15.1 Å². The summed E-state index contributed by atoms with van der Waals surface area (Å²) < 4.78 is 41.8. The summed E-state index contributed by atoms with van der Waals surface area (Å²) >= 11 is 0. The molecular weight excluding hydrogens is 920 g/mol. The van der Waals surface area contributed by atoms with Gasteiger partial charge in [-0.25, -0.2) is 23.9 Å². The van der Waals surface area contributed by atoms with Gasteiger partial charge in [0.05, 0.1) is 70.5 Å². The summed E-state index contributed by atoms with van der Waals surface area (Å²) in [5.74, 6) is 0.462. The van der Waals surface area contributed by atoms with Crippen LogP contribution in [0.25, 0.3) is 22.1 Å². The van der Waals surface area contributed by atoms with Crippen LogP contribution in [0.2, 0.25) is 0 Å². The number of alkyl carbamates (subject to hydrolysis) is 1. The molecule has 6 N–H and O–H groups in total. The van der Waals surface area contributed by atoms with E-state index in [-0.39, 0.29) is 59.3 Å². The molecule has 376 valence electrons. The van der Waals surface area contributed by atoms with E-state index < -0.39 is 40.7 Å². The molecule has 4 amide bonds. The number of anilines is 2. The maximum absolute atomic E-state index is 16.5. The Morgan fingerprint density at radius 3 is 1.79 bits per heavy atom. The number of benzene rings is 3. The Morgan fingerprint density at radius 1 is 0.757 bits per heavy atom. The standard InChI is InChI=1S/C50H65FN10O8S/c1-28(2)43(56-49(64)69-6)47(62)59-19-7-9-41(59)45-52-34-14-11-30(25-36(34)54-45)38-17-18-39(61(38)32-13-16-40(33(51)27-32)58-21-23-70(67,68)24-22-58)31-12-15-35-37(26-31)55-46(53-35)42-10-8-20-60(42)48(63)44(29(3)4)57(5)50(65)66/h11-16,25-29,38-39,41-44,67-68H,7-10,17-24H2,1-6H3,(H,52,54)(H,53,55)(H,56,64)(H,65,66)/t38-,39-,41+,42+,43+,44+/m1/s1. The number of H-pyrrole nitrogens is 2. The molecule has 2 aromatic heterocycles. The van der Waals surface area contributed by atoms with Gasteiger partial charge in [-0.1, -0.05) is 39.8 Å². The number of rotatable bonds is 12. The normalized spacial score (nSPS) is 22.8. The molecule has 0 saturated carbocycles. The molecule has 4 fully saturated rings. The summed E-state index contributed by atoms with van der Waals surface area (Å²) in [5, 5.41) is 12.5. The molecule has 0 bridgehead atoms. The van der Waals surface area contributed by atoms with E-state index >= 15 is 4.39 Å². The van der Waals surface area contributed by atoms with Crippen LogP contribution in [0.4, 0.5) is 25.4 Å². The molecule has 0 radical (unpaired) electrons. The van der Waals surface area contributed by atoms with Crippen LogP contribution in [-0.2, 0) is 14.3 Å².